The first kappa shape index (κ1) is 41.5. The third-order valence-electron chi connectivity index (χ3n) is 12.5. The van der Waals surface area contributed by atoms with Crippen molar-refractivity contribution in [1.29, 1.82) is 0 Å². The Morgan fingerprint density at radius 2 is 0.923 bits per heavy atom. The van der Waals surface area contributed by atoms with Gasteiger partial charge in [-0.3, -0.25) is 0 Å². The van der Waals surface area contributed by atoms with Gasteiger partial charge in [0.15, 0.2) is 0 Å². The van der Waals surface area contributed by atoms with Gasteiger partial charge >= 0.3 is 27.0 Å². The Balaban J connectivity index is 0.000000194. The summed E-state index contributed by atoms with van der Waals surface area (Å²) >= 11 is 1.62. The van der Waals surface area contributed by atoms with Crippen LogP contribution in [0.3, 0.4) is 0 Å². The van der Waals surface area contributed by atoms with Gasteiger partial charge in [0.25, 0.3) is 0 Å². The normalized spacial score (nSPS) is 19.3. The van der Waals surface area contributed by atoms with E-state index in [2.05, 4.69) is 134 Å². The van der Waals surface area contributed by atoms with Gasteiger partial charge < -0.3 is 9.80 Å². The Morgan fingerprint density at radius 3 is 1.27 bits per heavy atom. The van der Waals surface area contributed by atoms with Crippen LogP contribution in [0.1, 0.15) is 135 Å². The third-order valence-corrected chi connectivity index (χ3v) is 18.2. The Morgan fingerprint density at radius 1 is 0.577 bits per heavy atom. The van der Waals surface area contributed by atoms with Crippen LogP contribution in [0.4, 0.5) is 11.4 Å². The molecule has 3 saturated carbocycles. The van der Waals surface area contributed by atoms with E-state index >= 15 is 0 Å². The second kappa shape index (κ2) is 20.3. The summed E-state index contributed by atoms with van der Waals surface area (Å²) in [7, 11) is 3.42. The number of rotatable bonds is 7. The van der Waals surface area contributed by atoms with Crippen LogP contribution in [0.15, 0.2) is 54.6 Å². The van der Waals surface area contributed by atoms with Crippen molar-refractivity contribution >= 4 is 34.4 Å². The molecule has 0 atom stereocenters. The summed E-state index contributed by atoms with van der Waals surface area (Å²) in [5.74, 6) is 4.34. The van der Waals surface area contributed by atoms with E-state index in [-0.39, 0.29) is 0 Å². The molecule has 1 saturated heterocycles. The van der Waals surface area contributed by atoms with Crippen LogP contribution in [-0.4, -0.2) is 30.1 Å². The van der Waals surface area contributed by atoms with E-state index in [4.69, 9.17) is 0 Å². The maximum atomic E-state index is 4.61. The number of halogens is 1. The van der Waals surface area contributed by atoms with E-state index < -0.39 is 7.26 Å². The molecule has 52 heavy (non-hydrogen) atoms. The van der Waals surface area contributed by atoms with Gasteiger partial charge in [-0.2, -0.15) is 18.3 Å². The predicted molar refractivity (Wildman–Crippen MR) is 229 cm³/mol. The molecule has 0 spiro atoms. The molecule has 5 heteroatoms. The van der Waals surface area contributed by atoms with Crippen LogP contribution < -0.4 is 9.80 Å². The van der Waals surface area contributed by atoms with Crippen molar-refractivity contribution in [3.05, 3.63) is 106 Å². The molecule has 0 bridgehead atoms. The molecule has 1 heterocycles. The maximum absolute atomic E-state index is 4.61. The second-order valence-corrected chi connectivity index (χ2v) is 20.5. The molecule has 0 radical (unpaired) electrons. The fourth-order valence-corrected chi connectivity index (χ4v) is 17.0. The van der Waals surface area contributed by atoms with Crippen molar-refractivity contribution in [2.75, 3.05) is 22.9 Å². The molecule has 3 aromatic rings. The predicted octanol–water partition coefficient (Wildman–Crippen LogP) is 13.9. The van der Waals surface area contributed by atoms with Crippen molar-refractivity contribution in [2.24, 2.45) is 0 Å². The molecule has 7 rings (SSSR count). The Kier molecular flexibility index (Phi) is 16.2. The van der Waals surface area contributed by atoms with E-state index in [1.54, 1.807) is 17.3 Å². The first-order valence-corrected chi connectivity index (χ1v) is 24.9. The summed E-state index contributed by atoms with van der Waals surface area (Å²) < 4.78 is 0. The standard InChI is InChI=1S/C26H39P.C21H27N2.ClH.Ru.H/c1-5-13-23(14-6-1)21-22-27(24-15-7-2-8-16-24,25-17-9-3-10-18-25)26-19-11-4-12-20-26;1-14-9-16(3)20(17(4)10-14)22-7-8-23(13-22)21-18(5)11-15(2)12-19(21)6;;;/h1,5-6,13-14,21,24-26H,2-4,7-12,15-20H2;9-13H,7-8H2,1-6H3;1H;;/q;-1;;+3;/p-1. The molecule has 0 N–H and O–H groups in total. The van der Waals surface area contributed by atoms with Gasteiger partial charge in [0.2, 0.25) is 0 Å². The summed E-state index contributed by atoms with van der Waals surface area (Å²) in [6.07, 6.45) is 24.9. The average Bonchev–Trinajstić information content (AvgIpc) is 3.63. The van der Waals surface area contributed by atoms with E-state index in [1.165, 1.54) is 147 Å². The molecule has 4 aliphatic rings. The number of hydrogen-bond donors (Lipinski definition) is 0. The Hall–Kier alpha value is -1.66. The van der Waals surface area contributed by atoms with Gasteiger partial charge in [0, 0.05) is 24.5 Å². The van der Waals surface area contributed by atoms with Crippen LogP contribution in [0.5, 0.6) is 0 Å². The molecule has 3 aromatic carbocycles. The number of nitrogens with zero attached hydrogens (tertiary/aromatic N) is 2. The molecule has 1 aliphatic heterocycles. The SMILES string of the molecule is Cc1cc(C)c(N2[CH-]N(c3c(C)cc(C)cc3C)CC2)c(C)c1.[C-](=Cc1ccccc1)[P+](C1CCCCC1)(C1CCCCC1)C1CCCCC1.[Cl][RuH+2]. The summed E-state index contributed by atoms with van der Waals surface area (Å²) in [5.41, 5.74) is 15.2. The van der Waals surface area contributed by atoms with Crippen molar-refractivity contribution in [3.63, 3.8) is 0 Å². The van der Waals surface area contributed by atoms with Gasteiger partial charge in [-0.25, -0.2) is 0 Å². The molecule has 0 unspecified atom stereocenters. The molecule has 0 aromatic heterocycles. The summed E-state index contributed by atoms with van der Waals surface area (Å²) in [6.45, 7) is 17.6. The Labute approximate surface area is 333 Å². The van der Waals surface area contributed by atoms with Crippen molar-refractivity contribution in [3.8, 4) is 0 Å². The number of anilines is 2. The van der Waals surface area contributed by atoms with Gasteiger partial charge in [-0.05, 0) is 148 Å². The molecular formula is C47H67ClN2PRu+. The Bertz CT molecular complexity index is 1410. The van der Waals surface area contributed by atoms with Crippen LogP contribution in [0, 0.1) is 54.0 Å². The topological polar surface area (TPSA) is 6.48 Å². The number of aryl methyl sites for hydroxylation is 6. The van der Waals surface area contributed by atoms with Gasteiger partial charge in [-0.15, -0.1) is 12.1 Å². The third kappa shape index (κ3) is 10.1. The van der Waals surface area contributed by atoms with Crippen LogP contribution in [-0.2, 0) is 17.3 Å². The number of hydrogen-bond acceptors (Lipinski definition) is 2. The monoisotopic (exact) mass is 827 g/mol. The van der Waals surface area contributed by atoms with E-state index in [0.29, 0.717) is 0 Å². The molecule has 284 valence electrons. The zero-order valence-electron chi connectivity index (χ0n) is 33.2. The van der Waals surface area contributed by atoms with Gasteiger partial charge in [0.05, 0.1) is 17.0 Å². The summed E-state index contributed by atoms with van der Waals surface area (Å²) in [4.78, 5) is 4.81. The summed E-state index contributed by atoms with van der Waals surface area (Å²) in [5, 5.41) is 0. The molecule has 0 amide bonds. The fraction of sp³-hybridized carbons (Fsp3) is 0.553. The molecular weight excluding hydrogens is 760 g/mol. The van der Waals surface area contributed by atoms with E-state index in [9.17, 15) is 0 Å². The van der Waals surface area contributed by atoms with Crippen LogP contribution in [0.25, 0.3) is 6.08 Å². The van der Waals surface area contributed by atoms with Gasteiger partial charge in [0.1, 0.15) is 0 Å². The van der Waals surface area contributed by atoms with E-state index in [0.717, 1.165) is 30.1 Å². The first-order chi connectivity index (χ1) is 25.3. The van der Waals surface area contributed by atoms with E-state index in [1.807, 2.05) is 0 Å². The zero-order valence-corrected chi connectivity index (χ0v) is 36.7. The second-order valence-electron chi connectivity index (χ2n) is 16.4. The van der Waals surface area contributed by atoms with Crippen molar-refractivity contribution < 1.29 is 17.3 Å². The zero-order chi connectivity index (χ0) is 37.1. The minimum absolute atomic E-state index is 0.998. The van der Waals surface area contributed by atoms with Crippen molar-refractivity contribution in [1.82, 2.24) is 0 Å². The van der Waals surface area contributed by atoms with Gasteiger partial charge in [-0.1, -0.05) is 78.7 Å². The summed E-state index contributed by atoms with van der Waals surface area (Å²) in [6, 6.07) is 20.2. The fourth-order valence-electron chi connectivity index (χ4n) is 10.6. The van der Waals surface area contributed by atoms with Crippen LogP contribution >= 0.6 is 17.0 Å². The molecule has 2 nitrogen and oxygen atoms in total. The quantitative estimate of drug-likeness (QED) is 0.133. The number of benzene rings is 3. The van der Waals surface area contributed by atoms with Crippen LogP contribution in [0.2, 0.25) is 0 Å². The first-order valence-electron chi connectivity index (χ1n) is 20.5. The average molecular weight is 828 g/mol. The minimum atomic E-state index is -1.19. The van der Waals surface area contributed by atoms with Crippen molar-refractivity contribution in [2.45, 2.75) is 155 Å². The molecule has 4 fully saturated rings. The molecule has 3 aliphatic carbocycles.